The maximum atomic E-state index is 13.7. The molecule has 1 saturated heterocycles. The van der Waals surface area contributed by atoms with Crippen LogP contribution in [0.15, 0.2) is 77.9 Å². The lowest BCUT2D eigenvalue weighted by molar-refractivity contribution is 0.0975. The Morgan fingerprint density at radius 3 is 2.45 bits per heavy atom. The molecule has 0 atom stereocenters. The first-order valence-corrected chi connectivity index (χ1v) is 14.0. The molecule has 2 aliphatic heterocycles. The van der Waals surface area contributed by atoms with Crippen LogP contribution in [0.3, 0.4) is 0 Å². The highest BCUT2D eigenvalue weighted by molar-refractivity contribution is 6.15. The number of benzene rings is 3. The van der Waals surface area contributed by atoms with Gasteiger partial charge < -0.3 is 20.1 Å². The molecule has 3 heterocycles. The van der Waals surface area contributed by atoms with Crippen molar-refractivity contribution in [2.45, 2.75) is 19.4 Å². The number of amides is 1. The summed E-state index contributed by atoms with van der Waals surface area (Å²) in [7, 11) is 2.10. The molecule has 1 amide bonds. The second-order valence-corrected chi connectivity index (χ2v) is 10.9. The number of Topliss-reactive ketones (excluding diaryl/α,β-unsaturated/α-hetero) is 1. The van der Waals surface area contributed by atoms with Crippen molar-refractivity contribution in [2.75, 3.05) is 38.1 Å². The third-order valence-corrected chi connectivity index (χ3v) is 7.85. The number of fused-ring (bicyclic) bond motifs is 1. The van der Waals surface area contributed by atoms with Crippen molar-refractivity contribution >= 4 is 23.2 Å². The van der Waals surface area contributed by atoms with Crippen LogP contribution in [0.4, 0.5) is 14.5 Å². The Morgan fingerprint density at radius 2 is 1.71 bits per heavy atom. The zero-order valence-corrected chi connectivity index (χ0v) is 23.3. The summed E-state index contributed by atoms with van der Waals surface area (Å²) in [5, 5.41) is 2.97. The molecule has 1 aromatic heterocycles. The summed E-state index contributed by atoms with van der Waals surface area (Å²) >= 11 is 0. The molecule has 0 bridgehead atoms. The number of likely N-dealkylation sites (N-methyl/N-ethyl adjacent to an activating group) is 1. The number of amidine groups is 1. The van der Waals surface area contributed by atoms with E-state index in [9.17, 15) is 18.4 Å². The number of hydrogen-bond acceptors (Lipinski definition) is 5. The minimum absolute atomic E-state index is 0.0717. The molecule has 4 aromatic rings. The number of nitrogens with zero attached hydrogens (tertiary/aromatic N) is 3. The van der Waals surface area contributed by atoms with Crippen LogP contribution in [0, 0.1) is 11.6 Å². The van der Waals surface area contributed by atoms with Gasteiger partial charge in [-0.1, -0.05) is 12.1 Å². The molecular weight excluding hydrogens is 536 g/mol. The van der Waals surface area contributed by atoms with Crippen LogP contribution in [0.1, 0.15) is 48.7 Å². The molecule has 0 spiro atoms. The van der Waals surface area contributed by atoms with E-state index in [-0.39, 0.29) is 18.1 Å². The van der Waals surface area contributed by atoms with Gasteiger partial charge in [-0.25, -0.2) is 8.78 Å². The highest BCUT2D eigenvalue weighted by Crippen LogP contribution is 2.25. The smallest absolute Gasteiger partial charge is 0.257 e. The molecule has 0 radical (unpaired) electrons. The van der Waals surface area contributed by atoms with E-state index < -0.39 is 11.6 Å². The van der Waals surface area contributed by atoms with E-state index in [2.05, 4.69) is 32.1 Å². The largest absolute Gasteiger partial charge is 0.369 e. The zero-order chi connectivity index (χ0) is 29.2. The maximum Gasteiger partial charge on any atom is 0.257 e. The Balaban J connectivity index is 1.24. The molecule has 0 saturated carbocycles. The number of aliphatic imine (C=N–C) groups is 1. The van der Waals surface area contributed by atoms with Gasteiger partial charge in [0, 0.05) is 61.7 Å². The lowest BCUT2D eigenvalue weighted by Gasteiger charge is -2.34. The second-order valence-electron chi connectivity index (χ2n) is 10.9. The van der Waals surface area contributed by atoms with Crippen LogP contribution in [0.2, 0.25) is 0 Å². The van der Waals surface area contributed by atoms with Gasteiger partial charge in [-0.15, -0.1) is 0 Å². The highest BCUT2D eigenvalue weighted by atomic mass is 19.1. The van der Waals surface area contributed by atoms with Crippen molar-refractivity contribution in [3.05, 3.63) is 124 Å². The Labute approximate surface area is 242 Å². The number of hydrogen-bond donors (Lipinski definition) is 2. The molecular formula is C33H31F2N5O2. The average Bonchev–Trinajstić information content (AvgIpc) is 3.64. The normalized spacial score (nSPS) is 14.9. The Hall–Kier alpha value is -4.63. The number of anilines is 1. The van der Waals surface area contributed by atoms with Gasteiger partial charge in [0.05, 0.1) is 12.2 Å². The predicted molar refractivity (Wildman–Crippen MR) is 158 cm³/mol. The van der Waals surface area contributed by atoms with E-state index in [0.29, 0.717) is 41.2 Å². The van der Waals surface area contributed by atoms with Gasteiger partial charge in [0.25, 0.3) is 5.91 Å². The second kappa shape index (κ2) is 11.7. The molecule has 0 aliphatic carbocycles. The molecule has 214 valence electrons. The molecule has 2 aliphatic rings. The van der Waals surface area contributed by atoms with Crippen molar-refractivity contribution in [2.24, 2.45) is 4.99 Å². The minimum atomic E-state index is -0.620. The first-order chi connectivity index (χ1) is 20.3. The summed E-state index contributed by atoms with van der Waals surface area (Å²) < 4.78 is 27.4. The number of nitrogens with one attached hydrogen (secondary N) is 2. The fraction of sp³-hybridized carbons (Fsp3) is 0.242. The van der Waals surface area contributed by atoms with Crippen LogP contribution in [0.25, 0.3) is 0 Å². The summed E-state index contributed by atoms with van der Waals surface area (Å²) in [6.07, 6.45) is 2.11. The third kappa shape index (κ3) is 6.01. The fourth-order valence-corrected chi connectivity index (χ4v) is 5.55. The van der Waals surface area contributed by atoms with Gasteiger partial charge in [-0.05, 0) is 84.3 Å². The number of ketones is 1. The first-order valence-electron chi connectivity index (χ1n) is 14.0. The van der Waals surface area contributed by atoms with Gasteiger partial charge in [-0.3, -0.25) is 14.6 Å². The van der Waals surface area contributed by atoms with Gasteiger partial charge in [0.2, 0.25) is 0 Å². The quantitative estimate of drug-likeness (QED) is 0.316. The highest BCUT2D eigenvalue weighted by Gasteiger charge is 2.23. The maximum absolute atomic E-state index is 13.7. The van der Waals surface area contributed by atoms with Crippen molar-refractivity contribution in [1.82, 2.24) is 15.2 Å². The summed E-state index contributed by atoms with van der Waals surface area (Å²) in [6.45, 7) is 4.03. The van der Waals surface area contributed by atoms with E-state index in [4.69, 9.17) is 0 Å². The Morgan fingerprint density at radius 1 is 0.929 bits per heavy atom. The first kappa shape index (κ1) is 27.5. The average molecular weight is 568 g/mol. The number of carbonyl (C=O) groups excluding carboxylic acids is 2. The number of carbonyl (C=O) groups is 2. The van der Waals surface area contributed by atoms with Crippen LogP contribution >= 0.6 is 0 Å². The fourth-order valence-electron chi connectivity index (χ4n) is 5.55. The summed E-state index contributed by atoms with van der Waals surface area (Å²) in [6, 6.07) is 18.4. The van der Waals surface area contributed by atoms with Crippen LogP contribution in [-0.2, 0) is 19.4 Å². The molecule has 9 heteroatoms. The van der Waals surface area contributed by atoms with Gasteiger partial charge in [-0.2, -0.15) is 0 Å². The van der Waals surface area contributed by atoms with Crippen LogP contribution < -0.4 is 10.2 Å². The molecule has 3 aromatic carbocycles. The monoisotopic (exact) mass is 567 g/mol. The minimum Gasteiger partial charge on any atom is -0.369 e. The standard InChI is InChI=1S/C33H31F2N5O2/c1-39-9-11-40(12-10-39)27-6-7-28(24(17-27)18-31(41)30-3-2-8-36-30)33(42)38-32-29-16-21(4-5-23(29)20-37-32)13-22-14-25(34)19-26(35)15-22/h2-8,14-17,19,36H,9-13,18,20H2,1H3,(H,37,38,42). The van der Waals surface area contributed by atoms with E-state index >= 15 is 0 Å². The molecule has 7 nitrogen and oxygen atoms in total. The van der Waals surface area contributed by atoms with Crippen LogP contribution in [0.5, 0.6) is 0 Å². The lowest BCUT2D eigenvalue weighted by Crippen LogP contribution is -2.44. The Bertz CT molecular complexity index is 1650. The number of H-pyrrole nitrogens is 1. The number of aromatic amines is 1. The van der Waals surface area contributed by atoms with Gasteiger partial charge in [0.15, 0.2) is 5.78 Å². The van der Waals surface area contributed by atoms with Crippen molar-refractivity contribution in [3.8, 4) is 0 Å². The number of rotatable bonds is 7. The summed E-state index contributed by atoms with van der Waals surface area (Å²) in [4.78, 5) is 38.8. The number of aromatic nitrogens is 1. The molecule has 1 fully saturated rings. The number of piperazine rings is 1. The van der Waals surface area contributed by atoms with E-state index in [1.807, 2.05) is 30.3 Å². The topological polar surface area (TPSA) is 80.8 Å². The van der Waals surface area contributed by atoms with Gasteiger partial charge in [0.1, 0.15) is 17.5 Å². The predicted octanol–water partition coefficient (Wildman–Crippen LogP) is 4.75. The summed E-state index contributed by atoms with van der Waals surface area (Å²) in [5.41, 5.74) is 5.62. The van der Waals surface area contributed by atoms with E-state index in [0.717, 1.165) is 54.6 Å². The Kier molecular flexibility index (Phi) is 7.67. The number of halogens is 2. The van der Waals surface area contributed by atoms with Crippen LogP contribution in [-0.4, -0.2) is 60.6 Å². The van der Waals surface area contributed by atoms with E-state index in [1.165, 1.54) is 12.1 Å². The van der Waals surface area contributed by atoms with E-state index in [1.54, 1.807) is 24.4 Å². The van der Waals surface area contributed by atoms with Crippen molar-refractivity contribution in [1.29, 1.82) is 0 Å². The van der Waals surface area contributed by atoms with Crippen molar-refractivity contribution in [3.63, 3.8) is 0 Å². The SMILES string of the molecule is CN1CCN(c2ccc(C(=O)NC3=NCc4ccc(Cc5cc(F)cc(F)c5)cc43)c(CC(=O)c3ccc[nH]3)c2)CC1. The summed E-state index contributed by atoms with van der Waals surface area (Å²) in [5.74, 6) is -1.26. The zero-order valence-electron chi connectivity index (χ0n) is 23.3. The van der Waals surface area contributed by atoms with Crippen molar-refractivity contribution < 1.29 is 18.4 Å². The molecule has 6 rings (SSSR count). The molecule has 2 N–H and O–H groups in total. The third-order valence-electron chi connectivity index (χ3n) is 7.85. The lowest BCUT2D eigenvalue weighted by atomic mass is 9.98. The molecule has 0 unspecified atom stereocenters. The molecule has 42 heavy (non-hydrogen) atoms. The van der Waals surface area contributed by atoms with Gasteiger partial charge >= 0.3 is 0 Å².